The van der Waals surface area contributed by atoms with Gasteiger partial charge in [-0.15, -0.1) is 0 Å². The molecule has 88 valence electrons. The van der Waals surface area contributed by atoms with Gasteiger partial charge in [-0.3, -0.25) is 4.79 Å². The summed E-state index contributed by atoms with van der Waals surface area (Å²) < 4.78 is 0. The molecule has 15 heavy (non-hydrogen) atoms. The van der Waals surface area contributed by atoms with Crippen LogP contribution in [-0.2, 0) is 4.79 Å². The lowest BCUT2D eigenvalue weighted by Gasteiger charge is -2.23. The van der Waals surface area contributed by atoms with Crippen LogP contribution >= 0.6 is 0 Å². The van der Waals surface area contributed by atoms with Gasteiger partial charge in [0, 0.05) is 0 Å². The average molecular weight is 213 g/mol. The minimum absolute atomic E-state index is 0.412. The smallest absolute Gasteiger partial charge is 0.323 e. The van der Waals surface area contributed by atoms with Crippen molar-refractivity contribution in [2.24, 2.45) is 17.6 Å². The molecule has 3 N–H and O–H groups in total. The molecule has 1 aliphatic carbocycles. The molecule has 0 saturated heterocycles. The van der Waals surface area contributed by atoms with Gasteiger partial charge >= 0.3 is 5.97 Å². The Labute approximate surface area is 92.0 Å². The molecule has 0 spiro atoms. The van der Waals surface area contributed by atoms with Crippen LogP contribution in [0, 0.1) is 11.8 Å². The Balaban J connectivity index is 2.15. The first-order chi connectivity index (χ1) is 6.92. The van der Waals surface area contributed by atoms with Crippen molar-refractivity contribution < 1.29 is 9.90 Å². The molecule has 0 amide bonds. The summed E-state index contributed by atoms with van der Waals surface area (Å²) in [4.78, 5) is 10.8. The molecule has 0 bridgehead atoms. The Morgan fingerprint density at radius 2 is 2.20 bits per heavy atom. The molecule has 0 radical (unpaired) electrons. The van der Waals surface area contributed by atoms with E-state index in [4.69, 9.17) is 10.8 Å². The van der Waals surface area contributed by atoms with Crippen LogP contribution in [0.3, 0.4) is 0 Å². The van der Waals surface area contributed by atoms with Crippen molar-refractivity contribution in [1.82, 2.24) is 0 Å². The maximum atomic E-state index is 10.8. The molecule has 0 heterocycles. The number of aliphatic carboxylic acids is 1. The molecule has 0 aliphatic heterocycles. The second-order valence-corrected chi connectivity index (χ2v) is 5.41. The summed E-state index contributed by atoms with van der Waals surface area (Å²) in [5, 5.41) is 8.89. The molecule has 3 nitrogen and oxygen atoms in total. The molecule has 1 saturated carbocycles. The van der Waals surface area contributed by atoms with E-state index in [2.05, 4.69) is 6.92 Å². The fourth-order valence-corrected chi connectivity index (χ4v) is 2.07. The van der Waals surface area contributed by atoms with E-state index in [9.17, 15) is 4.79 Å². The Bertz CT molecular complexity index is 222. The van der Waals surface area contributed by atoms with Crippen LogP contribution in [0.1, 0.15) is 52.4 Å². The fraction of sp³-hybridized carbons (Fsp3) is 0.917. The van der Waals surface area contributed by atoms with Crippen LogP contribution in [-0.4, -0.2) is 16.6 Å². The van der Waals surface area contributed by atoms with Gasteiger partial charge in [0.2, 0.25) is 0 Å². The first-order valence-corrected chi connectivity index (χ1v) is 5.94. The van der Waals surface area contributed by atoms with Crippen LogP contribution < -0.4 is 5.73 Å². The van der Waals surface area contributed by atoms with Gasteiger partial charge in [-0.1, -0.05) is 39.0 Å². The van der Waals surface area contributed by atoms with Gasteiger partial charge in [0.25, 0.3) is 0 Å². The molecule has 1 fully saturated rings. The minimum atomic E-state index is -1.06. The van der Waals surface area contributed by atoms with E-state index in [1.165, 1.54) is 25.7 Å². The number of carboxylic acid groups (broad SMARTS) is 1. The zero-order valence-electron chi connectivity index (χ0n) is 9.83. The molecular formula is C12H23NO2. The van der Waals surface area contributed by atoms with Crippen molar-refractivity contribution in [2.75, 3.05) is 0 Å². The van der Waals surface area contributed by atoms with E-state index < -0.39 is 11.5 Å². The van der Waals surface area contributed by atoms with Crippen LogP contribution in [0.15, 0.2) is 0 Å². The zero-order chi connectivity index (χ0) is 11.5. The Kier molecular flexibility index (Phi) is 4.14. The number of hydrogen-bond donors (Lipinski definition) is 2. The predicted molar refractivity (Wildman–Crippen MR) is 60.6 cm³/mol. The van der Waals surface area contributed by atoms with Crippen molar-refractivity contribution in [1.29, 1.82) is 0 Å². The molecule has 0 aromatic heterocycles. The summed E-state index contributed by atoms with van der Waals surface area (Å²) in [6.07, 6.45) is 7.03. The lowest BCUT2D eigenvalue weighted by molar-refractivity contribution is -0.143. The second-order valence-electron chi connectivity index (χ2n) is 5.41. The van der Waals surface area contributed by atoms with E-state index in [1.807, 2.05) is 0 Å². The highest BCUT2D eigenvalue weighted by molar-refractivity contribution is 5.77. The molecule has 1 aliphatic rings. The van der Waals surface area contributed by atoms with E-state index in [0.717, 1.165) is 12.3 Å². The molecule has 0 aromatic carbocycles. The highest BCUT2D eigenvalue weighted by atomic mass is 16.4. The quantitative estimate of drug-likeness (QED) is 0.682. The molecular weight excluding hydrogens is 190 g/mol. The van der Waals surface area contributed by atoms with Gasteiger partial charge in [-0.25, -0.2) is 0 Å². The summed E-state index contributed by atoms with van der Waals surface area (Å²) in [7, 11) is 0. The summed E-state index contributed by atoms with van der Waals surface area (Å²) >= 11 is 0. The second kappa shape index (κ2) is 4.97. The van der Waals surface area contributed by atoms with Crippen LogP contribution in [0.4, 0.5) is 0 Å². The third-order valence-electron chi connectivity index (χ3n) is 3.27. The number of carbonyl (C=O) groups is 1. The van der Waals surface area contributed by atoms with Gasteiger partial charge < -0.3 is 10.8 Å². The Hall–Kier alpha value is -0.570. The fourth-order valence-electron chi connectivity index (χ4n) is 2.07. The Morgan fingerprint density at radius 1 is 1.60 bits per heavy atom. The van der Waals surface area contributed by atoms with Crippen molar-refractivity contribution >= 4 is 5.97 Å². The monoisotopic (exact) mass is 213 g/mol. The van der Waals surface area contributed by atoms with E-state index in [1.54, 1.807) is 6.92 Å². The van der Waals surface area contributed by atoms with Gasteiger partial charge in [0.05, 0.1) is 0 Å². The number of rotatable bonds is 7. The van der Waals surface area contributed by atoms with E-state index >= 15 is 0 Å². The third kappa shape index (κ3) is 4.65. The molecule has 3 heteroatoms. The lowest BCUT2D eigenvalue weighted by atomic mass is 9.88. The lowest BCUT2D eigenvalue weighted by Crippen LogP contribution is -2.46. The number of hydrogen-bond acceptors (Lipinski definition) is 2. The largest absolute Gasteiger partial charge is 0.480 e. The highest BCUT2D eigenvalue weighted by Gasteiger charge is 2.29. The van der Waals surface area contributed by atoms with Crippen LogP contribution in [0.25, 0.3) is 0 Å². The molecule has 1 rings (SSSR count). The summed E-state index contributed by atoms with van der Waals surface area (Å²) in [5.74, 6) is 0.493. The van der Waals surface area contributed by atoms with Gasteiger partial charge in [0.1, 0.15) is 5.54 Å². The summed E-state index contributed by atoms with van der Waals surface area (Å²) in [6.45, 7) is 3.70. The summed E-state index contributed by atoms with van der Waals surface area (Å²) in [6, 6.07) is 0. The normalized spacial score (nSPS) is 22.1. The van der Waals surface area contributed by atoms with Crippen LogP contribution in [0.5, 0.6) is 0 Å². The number of nitrogens with two attached hydrogens (primary N) is 1. The van der Waals surface area contributed by atoms with Gasteiger partial charge in [-0.05, 0) is 25.2 Å². The average Bonchev–Trinajstić information content (AvgIpc) is 2.86. The van der Waals surface area contributed by atoms with Crippen molar-refractivity contribution in [3.05, 3.63) is 0 Å². The number of carboxylic acids is 1. The molecule has 0 aromatic rings. The third-order valence-corrected chi connectivity index (χ3v) is 3.27. The maximum absolute atomic E-state index is 10.8. The molecule has 0 unspecified atom stereocenters. The topological polar surface area (TPSA) is 63.3 Å². The SMILES string of the molecule is C[C@H](CCCC1CC1)C[C@@](C)(N)C(=O)O. The van der Waals surface area contributed by atoms with Crippen molar-refractivity contribution in [2.45, 2.75) is 57.9 Å². The van der Waals surface area contributed by atoms with Crippen molar-refractivity contribution in [3.8, 4) is 0 Å². The maximum Gasteiger partial charge on any atom is 0.323 e. The summed E-state index contributed by atoms with van der Waals surface area (Å²) in [5.41, 5.74) is 4.65. The first-order valence-electron chi connectivity index (χ1n) is 5.94. The predicted octanol–water partition coefficient (Wildman–Crippen LogP) is 2.39. The van der Waals surface area contributed by atoms with Gasteiger partial charge in [0.15, 0.2) is 0 Å². The van der Waals surface area contributed by atoms with E-state index in [0.29, 0.717) is 12.3 Å². The minimum Gasteiger partial charge on any atom is -0.480 e. The van der Waals surface area contributed by atoms with E-state index in [-0.39, 0.29) is 0 Å². The standard InChI is InChI=1S/C12H23NO2/c1-9(4-3-5-10-6-7-10)8-12(2,13)11(14)15/h9-10H,3-8,13H2,1-2H3,(H,14,15)/t9-,12-/m1/s1. The van der Waals surface area contributed by atoms with Crippen molar-refractivity contribution in [3.63, 3.8) is 0 Å². The Morgan fingerprint density at radius 3 is 2.67 bits per heavy atom. The first kappa shape index (κ1) is 12.5. The van der Waals surface area contributed by atoms with Crippen LogP contribution in [0.2, 0.25) is 0 Å². The highest BCUT2D eigenvalue weighted by Crippen LogP contribution is 2.34. The zero-order valence-corrected chi connectivity index (χ0v) is 9.83. The molecule has 2 atom stereocenters. The van der Waals surface area contributed by atoms with Gasteiger partial charge in [-0.2, -0.15) is 0 Å².